The van der Waals surface area contributed by atoms with E-state index in [4.69, 9.17) is 0 Å². The predicted molar refractivity (Wildman–Crippen MR) is 104 cm³/mol. The van der Waals surface area contributed by atoms with Gasteiger partial charge in [0.15, 0.2) is 0 Å². The Morgan fingerprint density at radius 2 is 1.76 bits per heavy atom. The van der Waals surface area contributed by atoms with Crippen LogP contribution in [0.5, 0.6) is 0 Å². The molecule has 1 aliphatic rings. The Morgan fingerprint density at radius 3 is 2.40 bits per heavy atom. The Morgan fingerprint density at radius 1 is 1.12 bits per heavy atom. The summed E-state index contributed by atoms with van der Waals surface area (Å²) in [6, 6.07) is 7.53. The molecule has 9 nitrogen and oxygen atoms in total. The maximum atomic E-state index is 11.6. The number of piperazine rings is 1. The van der Waals surface area contributed by atoms with Crippen molar-refractivity contribution < 1.29 is 4.92 Å². The minimum atomic E-state index is -0.465. The molecule has 1 saturated heterocycles. The van der Waals surface area contributed by atoms with Gasteiger partial charge in [-0.25, -0.2) is 15.0 Å². The summed E-state index contributed by atoms with van der Waals surface area (Å²) in [6.07, 6.45) is 1.32. The van der Waals surface area contributed by atoms with E-state index < -0.39 is 4.92 Å². The molecule has 2 heterocycles. The first-order valence-electron chi connectivity index (χ1n) is 7.75. The third-order valence-electron chi connectivity index (χ3n) is 3.88. The zero-order valence-corrected chi connectivity index (χ0v) is 15.8. The second-order valence-corrected chi connectivity index (χ2v) is 6.96. The molecule has 0 spiro atoms. The van der Waals surface area contributed by atoms with Gasteiger partial charge in [0.05, 0.1) is 4.92 Å². The molecule has 1 fully saturated rings. The number of rotatable bonds is 5. The Hall–Kier alpha value is -2.05. The third kappa shape index (κ3) is 4.52. The average Bonchev–Trinajstić information content (AvgIpc) is 2.59. The number of hydrogen-bond acceptors (Lipinski definition) is 8. The molecule has 0 saturated carbocycles. The van der Waals surface area contributed by atoms with Crippen LogP contribution in [-0.2, 0) is 0 Å². The zero-order chi connectivity index (χ0) is 17.8. The topological polar surface area (TPSA) is 99.5 Å². The number of hydrazine groups is 1. The number of hydrogen-bond donors (Lipinski definition) is 2. The molecule has 2 N–H and O–H groups in total. The van der Waals surface area contributed by atoms with Crippen molar-refractivity contribution in [3.8, 4) is 0 Å². The van der Waals surface area contributed by atoms with Crippen LogP contribution in [0.4, 0.5) is 23.0 Å². The minimum absolute atomic E-state index is 0.165. The van der Waals surface area contributed by atoms with Crippen molar-refractivity contribution in [3.05, 3.63) is 44.3 Å². The molecule has 0 amide bonds. The van der Waals surface area contributed by atoms with Crippen LogP contribution < -0.4 is 10.7 Å². The second-order valence-electron chi connectivity index (χ2n) is 5.71. The van der Waals surface area contributed by atoms with Crippen LogP contribution in [0.15, 0.2) is 30.6 Å². The van der Waals surface area contributed by atoms with Crippen LogP contribution in [0.25, 0.3) is 0 Å². The van der Waals surface area contributed by atoms with Gasteiger partial charge in [-0.15, -0.1) is 0 Å². The van der Waals surface area contributed by atoms with Gasteiger partial charge in [-0.05, 0) is 53.9 Å². The van der Waals surface area contributed by atoms with Gasteiger partial charge in [-0.2, -0.15) is 0 Å². The van der Waals surface area contributed by atoms with Gasteiger partial charge in [0.1, 0.15) is 6.33 Å². The molecule has 1 aromatic carbocycles. The summed E-state index contributed by atoms with van der Waals surface area (Å²) >= 11 is 2.20. The molecule has 1 aliphatic heterocycles. The molecule has 25 heavy (non-hydrogen) atoms. The molecule has 2 aromatic rings. The van der Waals surface area contributed by atoms with Gasteiger partial charge in [-0.3, -0.25) is 15.5 Å². The monoisotopic (exact) mass is 455 g/mol. The number of benzene rings is 1. The molecule has 3 rings (SSSR count). The fraction of sp³-hybridized carbons (Fsp3) is 0.333. The first kappa shape index (κ1) is 17.8. The fourth-order valence-corrected chi connectivity index (χ4v) is 2.82. The lowest BCUT2D eigenvalue weighted by Crippen LogP contribution is -2.47. The lowest BCUT2D eigenvalue weighted by atomic mass is 10.3. The lowest BCUT2D eigenvalue weighted by Gasteiger charge is -2.32. The van der Waals surface area contributed by atoms with Gasteiger partial charge >= 0.3 is 5.69 Å². The van der Waals surface area contributed by atoms with Gasteiger partial charge in [0.25, 0.3) is 0 Å². The third-order valence-corrected chi connectivity index (χ3v) is 4.60. The van der Waals surface area contributed by atoms with E-state index in [0.29, 0.717) is 0 Å². The second kappa shape index (κ2) is 7.89. The SMILES string of the molecule is CN1CCN(Nc2ncnc(Nc3ccc(I)cc3)c2[N+](=O)[O-])CC1. The summed E-state index contributed by atoms with van der Waals surface area (Å²) in [6.45, 7) is 3.30. The Balaban J connectivity index is 1.83. The number of likely N-dealkylation sites (N-methyl/N-ethyl adjacent to an activating group) is 1. The molecule has 0 bridgehead atoms. The highest BCUT2D eigenvalue weighted by Gasteiger charge is 2.25. The van der Waals surface area contributed by atoms with E-state index in [1.807, 2.05) is 36.3 Å². The summed E-state index contributed by atoms with van der Waals surface area (Å²) in [7, 11) is 2.05. The molecule has 0 radical (unpaired) electrons. The van der Waals surface area contributed by atoms with Crippen LogP contribution in [0.3, 0.4) is 0 Å². The van der Waals surface area contributed by atoms with E-state index in [1.165, 1.54) is 6.33 Å². The minimum Gasteiger partial charge on any atom is -0.334 e. The fourth-order valence-electron chi connectivity index (χ4n) is 2.46. The number of nitrogens with zero attached hydrogens (tertiary/aromatic N) is 5. The van der Waals surface area contributed by atoms with Crippen molar-refractivity contribution >= 4 is 45.6 Å². The summed E-state index contributed by atoms with van der Waals surface area (Å²) in [5.74, 6) is 0.357. The predicted octanol–water partition coefficient (Wildman–Crippen LogP) is 2.31. The van der Waals surface area contributed by atoms with E-state index in [1.54, 1.807) is 0 Å². The van der Waals surface area contributed by atoms with Gasteiger partial charge < -0.3 is 10.2 Å². The van der Waals surface area contributed by atoms with E-state index in [0.717, 1.165) is 35.4 Å². The number of anilines is 3. The standard InChI is InChI=1S/C15H18IN7O2/c1-21-6-8-22(9-7-21)20-15-13(23(24)25)14(17-10-18-15)19-12-4-2-11(16)3-5-12/h2-5,10H,6-9H2,1H3,(H2,17,18,19,20). The molecule has 132 valence electrons. The summed E-state index contributed by atoms with van der Waals surface area (Å²) in [4.78, 5) is 21.5. The van der Waals surface area contributed by atoms with E-state index >= 15 is 0 Å². The van der Waals surface area contributed by atoms with Crippen molar-refractivity contribution in [2.45, 2.75) is 0 Å². The first-order chi connectivity index (χ1) is 12.0. The van der Waals surface area contributed by atoms with Gasteiger partial charge in [0, 0.05) is 35.4 Å². The normalized spacial score (nSPS) is 15.8. The number of halogens is 1. The number of aromatic nitrogens is 2. The van der Waals surface area contributed by atoms with Gasteiger partial charge in [-0.1, -0.05) is 0 Å². The highest BCUT2D eigenvalue weighted by atomic mass is 127. The quantitative estimate of drug-likeness (QED) is 0.403. The van der Waals surface area contributed by atoms with Crippen LogP contribution >= 0.6 is 22.6 Å². The molecule has 10 heteroatoms. The average molecular weight is 455 g/mol. The van der Waals surface area contributed by atoms with Gasteiger partial charge in [0.2, 0.25) is 11.6 Å². The summed E-state index contributed by atoms with van der Waals surface area (Å²) in [5, 5.41) is 16.5. The molecule has 0 atom stereocenters. The van der Waals surface area contributed by atoms with Crippen LogP contribution in [0.1, 0.15) is 0 Å². The Kier molecular flexibility index (Phi) is 5.60. The summed E-state index contributed by atoms with van der Waals surface area (Å²) < 4.78 is 1.08. The van der Waals surface area contributed by atoms with Crippen LogP contribution in [0, 0.1) is 13.7 Å². The van der Waals surface area contributed by atoms with E-state index in [9.17, 15) is 10.1 Å². The maximum absolute atomic E-state index is 11.6. The number of nitrogens with one attached hydrogen (secondary N) is 2. The molecule has 0 aliphatic carbocycles. The van der Waals surface area contributed by atoms with Crippen molar-refractivity contribution in [2.75, 3.05) is 44.0 Å². The highest BCUT2D eigenvalue weighted by molar-refractivity contribution is 14.1. The van der Waals surface area contributed by atoms with E-state index in [-0.39, 0.29) is 17.3 Å². The van der Waals surface area contributed by atoms with Crippen molar-refractivity contribution in [1.82, 2.24) is 19.9 Å². The first-order valence-corrected chi connectivity index (χ1v) is 8.83. The maximum Gasteiger partial charge on any atom is 0.354 e. The number of nitro groups is 1. The van der Waals surface area contributed by atoms with E-state index in [2.05, 4.69) is 48.2 Å². The smallest absolute Gasteiger partial charge is 0.334 e. The zero-order valence-electron chi connectivity index (χ0n) is 13.6. The molecular formula is C15H18IN7O2. The Labute approximate surface area is 158 Å². The molecule has 0 unspecified atom stereocenters. The van der Waals surface area contributed by atoms with Crippen molar-refractivity contribution in [3.63, 3.8) is 0 Å². The largest absolute Gasteiger partial charge is 0.354 e. The Bertz CT molecular complexity index is 748. The van der Waals surface area contributed by atoms with Crippen LogP contribution in [0.2, 0.25) is 0 Å². The molecule has 1 aromatic heterocycles. The van der Waals surface area contributed by atoms with Crippen molar-refractivity contribution in [1.29, 1.82) is 0 Å². The summed E-state index contributed by atoms with van der Waals surface area (Å²) in [5.41, 5.74) is 3.62. The highest BCUT2D eigenvalue weighted by Crippen LogP contribution is 2.31. The molecular weight excluding hydrogens is 437 g/mol. The van der Waals surface area contributed by atoms with Crippen molar-refractivity contribution in [2.24, 2.45) is 0 Å². The van der Waals surface area contributed by atoms with Crippen LogP contribution in [-0.4, -0.2) is 58.0 Å². The lowest BCUT2D eigenvalue weighted by molar-refractivity contribution is -0.383.